The zero-order chi connectivity index (χ0) is 13.8. The van der Waals surface area contributed by atoms with E-state index in [-0.39, 0.29) is 0 Å². The Hall–Kier alpha value is -2.55. The molecule has 0 spiro atoms. The Bertz CT molecular complexity index is 669. The fourth-order valence-corrected chi connectivity index (χ4v) is 2.25. The van der Waals surface area contributed by atoms with E-state index in [0.717, 1.165) is 18.2 Å². The summed E-state index contributed by atoms with van der Waals surface area (Å²) in [4.78, 5) is 4.31. The lowest BCUT2D eigenvalue weighted by Crippen LogP contribution is -2.04. The maximum atomic E-state index is 4.31. The van der Waals surface area contributed by atoms with E-state index in [1.165, 1.54) is 11.1 Å². The molecule has 0 aliphatic heterocycles. The van der Waals surface area contributed by atoms with Crippen molar-refractivity contribution in [2.24, 2.45) is 0 Å². The normalized spacial score (nSPS) is 10.4. The number of rotatable bonds is 4. The molecule has 3 aromatic rings. The van der Waals surface area contributed by atoms with Crippen molar-refractivity contribution in [1.29, 1.82) is 0 Å². The molecule has 0 radical (unpaired) electrons. The number of nitrogens with one attached hydrogen (secondary N) is 1. The maximum absolute atomic E-state index is 4.31. The molecule has 3 nitrogen and oxygen atoms in total. The number of hydrogen-bond acceptors (Lipinski definition) is 2. The Morgan fingerprint density at radius 1 is 0.950 bits per heavy atom. The quantitative estimate of drug-likeness (QED) is 0.772. The molecule has 0 amide bonds. The first-order chi connectivity index (χ1) is 9.88. The molecule has 1 heterocycles. The van der Waals surface area contributed by atoms with Gasteiger partial charge in [-0.25, -0.2) is 4.98 Å². The van der Waals surface area contributed by atoms with E-state index in [2.05, 4.69) is 70.3 Å². The van der Waals surface area contributed by atoms with Gasteiger partial charge in [-0.2, -0.15) is 0 Å². The fourth-order valence-electron chi connectivity index (χ4n) is 2.25. The zero-order valence-electron chi connectivity index (χ0n) is 11.5. The Morgan fingerprint density at radius 3 is 2.35 bits per heavy atom. The number of imidazole rings is 1. The fraction of sp³-hybridized carbons (Fsp3) is 0.118. The molecular weight excluding hydrogens is 246 g/mol. The smallest absolute Gasteiger partial charge is 0.207 e. The van der Waals surface area contributed by atoms with Crippen LogP contribution in [-0.4, -0.2) is 16.1 Å². The van der Waals surface area contributed by atoms with Gasteiger partial charge in [0.05, 0.1) is 0 Å². The summed E-state index contributed by atoms with van der Waals surface area (Å²) in [6.07, 6.45) is 3.78. The predicted molar refractivity (Wildman–Crippen MR) is 83.2 cm³/mol. The van der Waals surface area contributed by atoms with Crippen LogP contribution in [0.4, 0.5) is 5.95 Å². The van der Waals surface area contributed by atoms with Crippen LogP contribution < -0.4 is 5.32 Å². The van der Waals surface area contributed by atoms with Crippen molar-refractivity contribution in [1.82, 2.24) is 9.55 Å². The molecule has 0 bridgehead atoms. The average molecular weight is 263 g/mol. The molecule has 0 unspecified atom stereocenters. The average Bonchev–Trinajstić information content (AvgIpc) is 2.97. The van der Waals surface area contributed by atoms with E-state index < -0.39 is 0 Å². The lowest BCUT2D eigenvalue weighted by atomic mass is 10.1. The summed E-state index contributed by atoms with van der Waals surface area (Å²) < 4.78 is 2.05. The van der Waals surface area contributed by atoms with Crippen LogP contribution in [0.15, 0.2) is 67.0 Å². The largest absolute Gasteiger partial charge is 0.356 e. The molecule has 100 valence electrons. The van der Waals surface area contributed by atoms with E-state index >= 15 is 0 Å². The minimum Gasteiger partial charge on any atom is -0.356 e. The maximum Gasteiger partial charge on any atom is 0.207 e. The molecule has 0 aliphatic carbocycles. The number of aromatic nitrogens is 2. The van der Waals surface area contributed by atoms with Crippen LogP contribution in [-0.2, 0) is 0 Å². The highest BCUT2D eigenvalue weighted by Crippen LogP contribution is 2.22. The number of benzene rings is 2. The van der Waals surface area contributed by atoms with Crippen molar-refractivity contribution < 1.29 is 0 Å². The van der Waals surface area contributed by atoms with E-state index in [4.69, 9.17) is 0 Å². The lowest BCUT2D eigenvalue weighted by molar-refractivity contribution is 1.02. The topological polar surface area (TPSA) is 29.9 Å². The third-order valence-electron chi connectivity index (χ3n) is 3.23. The molecule has 3 heteroatoms. The summed E-state index contributed by atoms with van der Waals surface area (Å²) in [5.74, 6) is 0.875. The molecule has 1 aromatic heterocycles. The molecule has 0 fully saturated rings. The van der Waals surface area contributed by atoms with Gasteiger partial charge < -0.3 is 5.32 Å². The first kappa shape index (κ1) is 12.5. The van der Waals surface area contributed by atoms with Gasteiger partial charge in [-0.05, 0) is 30.2 Å². The van der Waals surface area contributed by atoms with Crippen molar-refractivity contribution in [2.45, 2.75) is 6.92 Å². The van der Waals surface area contributed by atoms with Crippen LogP contribution in [0.5, 0.6) is 0 Å². The van der Waals surface area contributed by atoms with Crippen molar-refractivity contribution in [2.75, 3.05) is 11.9 Å². The van der Waals surface area contributed by atoms with Gasteiger partial charge in [0.15, 0.2) is 0 Å². The minimum absolute atomic E-state index is 0.860. The van der Waals surface area contributed by atoms with Crippen molar-refractivity contribution in [3.8, 4) is 16.8 Å². The van der Waals surface area contributed by atoms with Crippen molar-refractivity contribution in [3.05, 3.63) is 67.0 Å². The second kappa shape index (κ2) is 5.61. The van der Waals surface area contributed by atoms with Gasteiger partial charge in [-0.15, -0.1) is 0 Å². The highest BCUT2D eigenvalue weighted by molar-refractivity contribution is 5.64. The standard InChI is InChI=1S/C17H17N3/c1-2-18-17-19-12-13-20(17)16-10-8-15(9-11-16)14-6-4-3-5-7-14/h3-13H,2H2,1H3,(H,18,19). The highest BCUT2D eigenvalue weighted by Gasteiger charge is 2.04. The predicted octanol–water partition coefficient (Wildman–Crippen LogP) is 3.97. The number of anilines is 1. The van der Waals surface area contributed by atoms with Crippen LogP contribution in [0, 0.1) is 0 Å². The summed E-state index contributed by atoms with van der Waals surface area (Å²) >= 11 is 0. The van der Waals surface area contributed by atoms with Crippen LogP contribution >= 0.6 is 0 Å². The second-order valence-corrected chi connectivity index (χ2v) is 4.56. The Balaban J connectivity index is 1.91. The highest BCUT2D eigenvalue weighted by atomic mass is 15.2. The van der Waals surface area contributed by atoms with Crippen LogP contribution in [0.25, 0.3) is 16.8 Å². The molecule has 2 aromatic carbocycles. The molecule has 0 atom stereocenters. The zero-order valence-corrected chi connectivity index (χ0v) is 11.5. The molecule has 0 saturated carbocycles. The van der Waals surface area contributed by atoms with Gasteiger partial charge in [0.2, 0.25) is 5.95 Å². The number of hydrogen-bond donors (Lipinski definition) is 1. The van der Waals surface area contributed by atoms with E-state index in [0.29, 0.717) is 0 Å². The third kappa shape index (κ3) is 2.43. The monoisotopic (exact) mass is 263 g/mol. The van der Waals surface area contributed by atoms with Crippen molar-refractivity contribution in [3.63, 3.8) is 0 Å². The van der Waals surface area contributed by atoms with E-state index in [1.807, 2.05) is 18.5 Å². The van der Waals surface area contributed by atoms with Gasteiger partial charge in [0, 0.05) is 24.6 Å². The van der Waals surface area contributed by atoms with E-state index in [1.54, 1.807) is 0 Å². The summed E-state index contributed by atoms with van der Waals surface area (Å²) in [6, 6.07) is 18.9. The minimum atomic E-state index is 0.860. The molecule has 0 aliphatic rings. The van der Waals surface area contributed by atoms with Gasteiger partial charge in [0.25, 0.3) is 0 Å². The number of nitrogens with zero attached hydrogens (tertiary/aromatic N) is 2. The van der Waals surface area contributed by atoms with Crippen LogP contribution in [0.2, 0.25) is 0 Å². The first-order valence-electron chi connectivity index (χ1n) is 6.81. The Labute approximate surface area is 118 Å². The molecule has 20 heavy (non-hydrogen) atoms. The molecule has 3 rings (SSSR count). The van der Waals surface area contributed by atoms with Gasteiger partial charge in [-0.1, -0.05) is 42.5 Å². The third-order valence-corrected chi connectivity index (χ3v) is 3.23. The van der Waals surface area contributed by atoms with Gasteiger partial charge in [0.1, 0.15) is 0 Å². The molecule has 1 N–H and O–H groups in total. The van der Waals surface area contributed by atoms with Gasteiger partial charge in [-0.3, -0.25) is 4.57 Å². The summed E-state index contributed by atoms with van der Waals surface area (Å²) in [6.45, 7) is 2.93. The lowest BCUT2D eigenvalue weighted by Gasteiger charge is -2.09. The van der Waals surface area contributed by atoms with Gasteiger partial charge >= 0.3 is 0 Å². The van der Waals surface area contributed by atoms with Crippen LogP contribution in [0.3, 0.4) is 0 Å². The Morgan fingerprint density at radius 2 is 1.65 bits per heavy atom. The molecular formula is C17H17N3. The van der Waals surface area contributed by atoms with Crippen molar-refractivity contribution >= 4 is 5.95 Å². The molecule has 0 saturated heterocycles. The first-order valence-corrected chi connectivity index (χ1v) is 6.81. The van der Waals surface area contributed by atoms with E-state index in [9.17, 15) is 0 Å². The SMILES string of the molecule is CCNc1nccn1-c1ccc(-c2ccccc2)cc1. The Kier molecular flexibility index (Phi) is 3.50. The summed E-state index contributed by atoms with van der Waals surface area (Å²) in [7, 11) is 0. The van der Waals surface area contributed by atoms with Crippen LogP contribution in [0.1, 0.15) is 6.92 Å². The summed E-state index contributed by atoms with van der Waals surface area (Å²) in [5, 5.41) is 3.25. The second-order valence-electron chi connectivity index (χ2n) is 4.56. The summed E-state index contributed by atoms with van der Waals surface area (Å²) in [5.41, 5.74) is 3.56.